The molecule has 0 aliphatic rings. The van der Waals surface area contributed by atoms with E-state index < -0.39 is 0 Å². The van der Waals surface area contributed by atoms with E-state index in [4.69, 9.17) is 4.42 Å². The van der Waals surface area contributed by atoms with Gasteiger partial charge in [-0.15, -0.1) is 0 Å². The van der Waals surface area contributed by atoms with Gasteiger partial charge in [0.05, 0.1) is 5.69 Å². The number of hydrogen-bond donors (Lipinski definition) is 0. The molecular formula is C21H19NO. The molecule has 4 rings (SSSR count). The Morgan fingerprint density at radius 1 is 0.913 bits per heavy atom. The van der Waals surface area contributed by atoms with Crippen LogP contribution in [0.15, 0.2) is 59.1 Å². The zero-order valence-electron chi connectivity index (χ0n) is 13.6. The van der Waals surface area contributed by atoms with Crippen molar-refractivity contribution in [3.05, 3.63) is 66.0 Å². The maximum absolute atomic E-state index is 6.31. The number of benzene rings is 2. The van der Waals surface area contributed by atoms with E-state index in [0.717, 1.165) is 33.2 Å². The summed E-state index contributed by atoms with van der Waals surface area (Å²) in [5, 5.41) is 2.30. The lowest BCUT2D eigenvalue weighted by Crippen LogP contribution is -1.91. The number of aryl methyl sites for hydroxylation is 1. The Hall–Kier alpha value is -2.61. The second-order valence-corrected chi connectivity index (χ2v) is 6.38. The highest BCUT2D eigenvalue weighted by Crippen LogP contribution is 2.37. The molecule has 0 N–H and O–H groups in total. The van der Waals surface area contributed by atoms with Gasteiger partial charge in [-0.1, -0.05) is 61.9 Å². The zero-order chi connectivity index (χ0) is 16.0. The molecule has 0 aliphatic carbocycles. The lowest BCUT2D eigenvalue weighted by Gasteiger charge is -2.04. The van der Waals surface area contributed by atoms with Gasteiger partial charge in [-0.2, -0.15) is 0 Å². The third-order valence-electron chi connectivity index (χ3n) is 4.32. The summed E-state index contributed by atoms with van der Waals surface area (Å²) in [5.41, 5.74) is 6.46. The first-order valence-corrected chi connectivity index (χ1v) is 8.02. The summed E-state index contributed by atoms with van der Waals surface area (Å²) in [6, 6.07) is 16.9. The fourth-order valence-electron chi connectivity index (χ4n) is 3.20. The van der Waals surface area contributed by atoms with Crippen molar-refractivity contribution in [1.29, 1.82) is 0 Å². The van der Waals surface area contributed by atoms with Crippen LogP contribution in [-0.4, -0.2) is 4.98 Å². The molecule has 2 aromatic heterocycles. The van der Waals surface area contributed by atoms with Crippen LogP contribution in [0.4, 0.5) is 0 Å². The highest BCUT2D eigenvalue weighted by atomic mass is 16.3. The van der Waals surface area contributed by atoms with Crippen molar-refractivity contribution in [2.75, 3.05) is 0 Å². The van der Waals surface area contributed by atoms with Gasteiger partial charge >= 0.3 is 0 Å². The van der Waals surface area contributed by atoms with E-state index >= 15 is 0 Å². The highest BCUT2D eigenvalue weighted by molar-refractivity contribution is 6.10. The normalized spacial score (nSPS) is 11.7. The van der Waals surface area contributed by atoms with Crippen molar-refractivity contribution in [2.24, 2.45) is 0 Å². The molecule has 2 heteroatoms. The van der Waals surface area contributed by atoms with E-state index in [1.165, 1.54) is 11.1 Å². The highest BCUT2D eigenvalue weighted by Gasteiger charge is 2.16. The van der Waals surface area contributed by atoms with Crippen LogP contribution in [0.25, 0.3) is 33.1 Å². The molecule has 2 nitrogen and oxygen atoms in total. The molecule has 0 spiro atoms. The molecule has 0 unspecified atom stereocenters. The molecule has 0 saturated heterocycles. The van der Waals surface area contributed by atoms with Crippen LogP contribution in [0.1, 0.15) is 31.0 Å². The van der Waals surface area contributed by atoms with Crippen molar-refractivity contribution in [3.63, 3.8) is 0 Å². The van der Waals surface area contributed by atoms with E-state index in [2.05, 4.69) is 68.2 Å². The number of hydrogen-bond acceptors (Lipinski definition) is 2. The van der Waals surface area contributed by atoms with Gasteiger partial charge in [0, 0.05) is 22.5 Å². The zero-order valence-corrected chi connectivity index (χ0v) is 13.6. The Morgan fingerprint density at radius 3 is 2.48 bits per heavy atom. The summed E-state index contributed by atoms with van der Waals surface area (Å²) in [6.45, 7) is 6.41. The number of para-hydroxylation sites is 1. The summed E-state index contributed by atoms with van der Waals surface area (Å²) in [5.74, 6) is 0.335. The first-order valence-electron chi connectivity index (χ1n) is 8.02. The predicted octanol–water partition coefficient (Wildman–Crippen LogP) is 6.08. The molecule has 114 valence electrons. The lowest BCUT2D eigenvalue weighted by molar-refractivity contribution is 0.651. The second kappa shape index (κ2) is 5.24. The quantitative estimate of drug-likeness (QED) is 0.448. The minimum atomic E-state index is 0.335. The van der Waals surface area contributed by atoms with Crippen LogP contribution < -0.4 is 0 Å². The standard InChI is InChI=1S/C21H19NO/c1-13(2)19-21-18(10-11-22-19)17-9-5-8-16(20(17)23-21)15-7-4-6-14(3)12-15/h4-13H,1-3H3. The van der Waals surface area contributed by atoms with Crippen LogP contribution in [-0.2, 0) is 0 Å². The van der Waals surface area contributed by atoms with Crippen molar-refractivity contribution >= 4 is 21.9 Å². The van der Waals surface area contributed by atoms with Crippen molar-refractivity contribution in [2.45, 2.75) is 26.7 Å². The SMILES string of the molecule is Cc1cccc(-c2cccc3c2oc2c(C(C)C)nccc23)c1. The summed E-state index contributed by atoms with van der Waals surface area (Å²) < 4.78 is 6.31. The average Bonchev–Trinajstić information content (AvgIpc) is 2.93. The Labute approximate surface area is 135 Å². The average molecular weight is 301 g/mol. The van der Waals surface area contributed by atoms with Gasteiger partial charge in [-0.3, -0.25) is 4.98 Å². The van der Waals surface area contributed by atoms with E-state index in [9.17, 15) is 0 Å². The lowest BCUT2D eigenvalue weighted by atomic mass is 10.0. The number of nitrogens with zero attached hydrogens (tertiary/aromatic N) is 1. The molecule has 23 heavy (non-hydrogen) atoms. The molecule has 0 aliphatic heterocycles. The maximum atomic E-state index is 6.31. The third-order valence-corrected chi connectivity index (χ3v) is 4.32. The van der Waals surface area contributed by atoms with Crippen LogP contribution in [0.3, 0.4) is 0 Å². The molecular weight excluding hydrogens is 282 g/mol. The van der Waals surface area contributed by atoms with Gasteiger partial charge in [0.25, 0.3) is 0 Å². The van der Waals surface area contributed by atoms with Crippen molar-refractivity contribution in [1.82, 2.24) is 4.98 Å². The van der Waals surface area contributed by atoms with Crippen LogP contribution in [0.5, 0.6) is 0 Å². The summed E-state index contributed by atoms with van der Waals surface area (Å²) in [7, 11) is 0. The number of aromatic nitrogens is 1. The van der Waals surface area contributed by atoms with Crippen LogP contribution in [0, 0.1) is 6.92 Å². The number of rotatable bonds is 2. The Bertz CT molecular complexity index is 1010. The second-order valence-electron chi connectivity index (χ2n) is 6.38. The molecule has 4 aromatic rings. The minimum absolute atomic E-state index is 0.335. The number of furan rings is 1. The Morgan fingerprint density at radius 2 is 1.70 bits per heavy atom. The molecule has 0 radical (unpaired) electrons. The van der Waals surface area contributed by atoms with Crippen LogP contribution in [0.2, 0.25) is 0 Å². The minimum Gasteiger partial charge on any atom is -0.453 e. The molecule has 2 aromatic carbocycles. The van der Waals surface area contributed by atoms with Gasteiger partial charge in [0.15, 0.2) is 5.58 Å². The van der Waals surface area contributed by atoms with Gasteiger partial charge in [-0.25, -0.2) is 0 Å². The first-order chi connectivity index (χ1) is 11.1. The van der Waals surface area contributed by atoms with E-state index in [-0.39, 0.29) is 0 Å². The van der Waals surface area contributed by atoms with Gasteiger partial charge in [-0.05, 0) is 24.5 Å². The van der Waals surface area contributed by atoms with Crippen molar-refractivity contribution < 1.29 is 4.42 Å². The summed E-state index contributed by atoms with van der Waals surface area (Å²) >= 11 is 0. The molecule has 0 fully saturated rings. The van der Waals surface area contributed by atoms with Gasteiger partial charge in [0.2, 0.25) is 0 Å². The Kier molecular flexibility index (Phi) is 3.19. The maximum Gasteiger partial charge on any atom is 0.157 e. The third kappa shape index (κ3) is 2.22. The van der Waals surface area contributed by atoms with Gasteiger partial charge < -0.3 is 4.42 Å². The Balaban J connectivity index is 2.08. The van der Waals surface area contributed by atoms with E-state index in [0.29, 0.717) is 5.92 Å². The monoisotopic (exact) mass is 301 g/mol. The van der Waals surface area contributed by atoms with E-state index in [1.807, 2.05) is 12.3 Å². The molecule has 2 heterocycles. The predicted molar refractivity (Wildman–Crippen MR) is 95.8 cm³/mol. The van der Waals surface area contributed by atoms with E-state index in [1.54, 1.807) is 0 Å². The smallest absolute Gasteiger partial charge is 0.157 e. The first kappa shape index (κ1) is 14.0. The summed E-state index contributed by atoms with van der Waals surface area (Å²) in [6.07, 6.45) is 1.88. The summed E-state index contributed by atoms with van der Waals surface area (Å²) in [4.78, 5) is 4.52. The molecule has 0 saturated carbocycles. The molecule has 0 bridgehead atoms. The fourth-order valence-corrected chi connectivity index (χ4v) is 3.20. The fraction of sp³-hybridized carbons (Fsp3) is 0.190. The number of pyridine rings is 1. The number of fused-ring (bicyclic) bond motifs is 3. The molecule has 0 amide bonds. The van der Waals surface area contributed by atoms with Crippen LogP contribution >= 0.6 is 0 Å². The van der Waals surface area contributed by atoms with Gasteiger partial charge in [0.1, 0.15) is 5.58 Å². The molecule has 0 atom stereocenters. The topological polar surface area (TPSA) is 26.0 Å². The largest absolute Gasteiger partial charge is 0.453 e. The van der Waals surface area contributed by atoms with Crippen molar-refractivity contribution in [3.8, 4) is 11.1 Å².